The van der Waals surface area contributed by atoms with Crippen LogP contribution in [-0.2, 0) is 6.54 Å². The van der Waals surface area contributed by atoms with Gasteiger partial charge in [-0.1, -0.05) is 12.1 Å². The van der Waals surface area contributed by atoms with E-state index in [0.29, 0.717) is 31.2 Å². The Morgan fingerprint density at radius 3 is 2.78 bits per heavy atom. The molecular formula is C16H15Br2NO3S. The molecule has 23 heavy (non-hydrogen) atoms. The lowest BCUT2D eigenvalue weighted by atomic mass is 10.1. The maximum absolute atomic E-state index is 12.7. The van der Waals surface area contributed by atoms with Crippen molar-refractivity contribution in [3.05, 3.63) is 43.0 Å². The summed E-state index contributed by atoms with van der Waals surface area (Å²) in [5, 5.41) is 0. The van der Waals surface area contributed by atoms with Gasteiger partial charge in [0, 0.05) is 23.1 Å². The average molecular weight is 461 g/mol. The van der Waals surface area contributed by atoms with Gasteiger partial charge in [0.15, 0.2) is 11.5 Å². The summed E-state index contributed by atoms with van der Waals surface area (Å²) in [7, 11) is 0. The van der Waals surface area contributed by atoms with E-state index in [0.717, 1.165) is 25.3 Å². The van der Waals surface area contributed by atoms with Crippen LogP contribution in [-0.4, -0.2) is 30.6 Å². The summed E-state index contributed by atoms with van der Waals surface area (Å²) in [5.74, 6) is 1.51. The van der Waals surface area contributed by atoms with Crippen LogP contribution >= 0.6 is 43.2 Å². The summed E-state index contributed by atoms with van der Waals surface area (Å²) in [5.41, 5.74) is 0.965. The van der Waals surface area contributed by atoms with E-state index in [4.69, 9.17) is 9.47 Å². The third kappa shape index (κ3) is 3.56. The molecule has 2 aromatic rings. The van der Waals surface area contributed by atoms with E-state index >= 15 is 0 Å². The Hall–Kier alpha value is -1.05. The molecule has 1 amide bonds. The van der Waals surface area contributed by atoms with Crippen molar-refractivity contribution in [2.24, 2.45) is 0 Å². The van der Waals surface area contributed by atoms with E-state index < -0.39 is 0 Å². The summed E-state index contributed by atoms with van der Waals surface area (Å²) in [6.45, 7) is 4.19. The molecule has 0 atom stereocenters. The van der Waals surface area contributed by atoms with Crippen LogP contribution in [0.25, 0.3) is 0 Å². The Morgan fingerprint density at radius 1 is 1.30 bits per heavy atom. The molecular weight excluding hydrogens is 446 g/mol. The molecule has 1 aliphatic rings. The number of carbonyl (C=O) groups is 1. The zero-order valence-electron chi connectivity index (χ0n) is 12.5. The largest absolute Gasteiger partial charge is 0.486 e. The molecule has 2 heterocycles. The van der Waals surface area contributed by atoms with Gasteiger partial charge in [-0.25, -0.2) is 0 Å². The highest BCUT2D eigenvalue weighted by atomic mass is 79.9. The molecule has 0 N–H and O–H groups in total. The molecule has 1 aromatic carbocycles. The van der Waals surface area contributed by atoms with Crippen molar-refractivity contribution >= 4 is 49.1 Å². The molecule has 0 saturated carbocycles. The Balaban J connectivity index is 1.84. The van der Waals surface area contributed by atoms with Gasteiger partial charge in [-0.05, 0) is 50.9 Å². The standard InChI is InChI=1S/C16H15Br2NO3S/c1-2-19(16(20)13-8-11(17)15(18)23-13)9-10-4-3-5-12-14(10)22-7-6-21-12/h3-5,8H,2,6-7,9H2,1H3. The Bertz CT molecular complexity index is 713. The molecule has 4 nitrogen and oxygen atoms in total. The highest BCUT2D eigenvalue weighted by Crippen LogP contribution is 2.36. The van der Waals surface area contributed by atoms with E-state index in [2.05, 4.69) is 31.9 Å². The summed E-state index contributed by atoms with van der Waals surface area (Å²) in [6, 6.07) is 7.65. The van der Waals surface area contributed by atoms with Crippen LogP contribution in [0, 0.1) is 0 Å². The number of ether oxygens (including phenoxy) is 2. The summed E-state index contributed by atoms with van der Waals surface area (Å²) >= 11 is 8.29. The van der Waals surface area contributed by atoms with Gasteiger partial charge in [-0.15, -0.1) is 11.3 Å². The molecule has 0 spiro atoms. The van der Waals surface area contributed by atoms with Crippen molar-refractivity contribution in [1.29, 1.82) is 0 Å². The lowest BCUT2D eigenvalue weighted by Crippen LogP contribution is -2.30. The first-order valence-electron chi connectivity index (χ1n) is 7.21. The maximum atomic E-state index is 12.7. The fourth-order valence-corrected chi connectivity index (χ4v) is 4.40. The molecule has 0 unspecified atom stereocenters. The van der Waals surface area contributed by atoms with E-state index in [1.165, 1.54) is 11.3 Å². The van der Waals surface area contributed by atoms with Crippen LogP contribution in [0.2, 0.25) is 0 Å². The van der Waals surface area contributed by atoms with Crippen LogP contribution in [0.4, 0.5) is 0 Å². The van der Waals surface area contributed by atoms with Crippen molar-refractivity contribution in [2.45, 2.75) is 13.5 Å². The van der Waals surface area contributed by atoms with Crippen LogP contribution in [0.15, 0.2) is 32.5 Å². The number of amides is 1. The third-order valence-electron chi connectivity index (χ3n) is 3.53. The molecule has 7 heteroatoms. The number of rotatable bonds is 4. The smallest absolute Gasteiger partial charge is 0.264 e. The Kier molecular flexibility index (Phi) is 5.28. The predicted molar refractivity (Wildman–Crippen MR) is 97.6 cm³/mol. The fourth-order valence-electron chi connectivity index (χ4n) is 2.40. The summed E-state index contributed by atoms with van der Waals surface area (Å²) in [4.78, 5) is 15.2. The number of thiophene rings is 1. The molecule has 0 fully saturated rings. The van der Waals surface area contributed by atoms with Gasteiger partial charge in [0.1, 0.15) is 13.2 Å². The molecule has 122 valence electrons. The van der Waals surface area contributed by atoms with Gasteiger partial charge < -0.3 is 14.4 Å². The van der Waals surface area contributed by atoms with Gasteiger partial charge in [-0.3, -0.25) is 4.79 Å². The molecule has 0 radical (unpaired) electrons. The topological polar surface area (TPSA) is 38.8 Å². The molecule has 3 rings (SSSR count). The lowest BCUT2D eigenvalue weighted by Gasteiger charge is -2.25. The second-order valence-electron chi connectivity index (χ2n) is 4.99. The van der Waals surface area contributed by atoms with Crippen LogP contribution in [0.5, 0.6) is 11.5 Å². The van der Waals surface area contributed by atoms with E-state index in [9.17, 15) is 4.79 Å². The normalized spacial score (nSPS) is 13.0. The Morgan fingerprint density at radius 2 is 2.09 bits per heavy atom. The molecule has 1 aliphatic heterocycles. The minimum Gasteiger partial charge on any atom is -0.486 e. The van der Waals surface area contributed by atoms with Gasteiger partial charge in [-0.2, -0.15) is 0 Å². The van der Waals surface area contributed by atoms with Crippen molar-refractivity contribution in [3.8, 4) is 11.5 Å². The van der Waals surface area contributed by atoms with Crippen molar-refractivity contribution in [1.82, 2.24) is 4.90 Å². The monoisotopic (exact) mass is 459 g/mol. The quantitative estimate of drug-likeness (QED) is 0.663. The molecule has 1 aromatic heterocycles. The van der Waals surface area contributed by atoms with Crippen molar-refractivity contribution < 1.29 is 14.3 Å². The highest BCUT2D eigenvalue weighted by molar-refractivity contribution is 9.13. The van der Waals surface area contributed by atoms with E-state index in [1.807, 2.05) is 31.2 Å². The van der Waals surface area contributed by atoms with E-state index in [1.54, 1.807) is 4.90 Å². The van der Waals surface area contributed by atoms with Gasteiger partial charge in [0.25, 0.3) is 5.91 Å². The lowest BCUT2D eigenvalue weighted by molar-refractivity contribution is 0.0754. The van der Waals surface area contributed by atoms with Crippen LogP contribution in [0.3, 0.4) is 0 Å². The number of hydrogen-bond acceptors (Lipinski definition) is 4. The number of halogens is 2. The fraction of sp³-hybridized carbons (Fsp3) is 0.312. The average Bonchev–Trinajstić information content (AvgIpc) is 2.91. The number of benzene rings is 1. The Labute approximate surface area is 155 Å². The second-order valence-corrected chi connectivity index (χ2v) is 8.22. The molecule has 0 aliphatic carbocycles. The SMILES string of the molecule is CCN(Cc1cccc2c1OCCO2)C(=O)c1cc(Br)c(Br)s1. The number of fused-ring (bicyclic) bond motifs is 1. The van der Waals surface area contributed by atoms with Crippen molar-refractivity contribution in [2.75, 3.05) is 19.8 Å². The minimum absolute atomic E-state index is 0.0123. The minimum atomic E-state index is 0.0123. The zero-order chi connectivity index (χ0) is 16.4. The number of hydrogen-bond donors (Lipinski definition) is 0. The van der Waals surface area contributed by atoms with Crippen LogP contribution < -0.4 is 9.47 Å². The van der Waals surface area contributed by atoms with Gasteiger partial charge in [0.05, 0.1) is 8.66 Å². The summed E-state index contributed by atoms with van der Waals surface area (Å²) < 4.78 is 13.2. The number of para-hydroxylation sites is 1. The summed E-state index contributed by atoms with van der Waals surface area (Å²) in [6.07, 6.45) is 0. The molecule has 0 saturated heterocycles. The first-order chi connectivity index (χ1) is 11.1. The highest BCUT2D eigenvalue weighted by Gasteiger charge is 2.22. The van der Waals surface area contributed by atoms with E-state index in [-0.39, 0.29) is 5.91 Å². The third-order valence-corrected chi connectivity index (χ3v) is 6.78. The zero-order valence-corrected chi connectivity index (χ0v) is 16.5. The van der Waals surface area contributed by atoms with Gasteiger partial charge in [0.2, 0.25) is 0 Å². The number of carbonyl (C=O) groups excluding carboxylic acids is 1. The predicted octanol–water partition coefficient (Wildman–Crippen LogP) is 4.71. The van der Waals surface area contributed by atoms with Crippen LogP contribution in [0.1, 0.15) is 22.2 Å². The first kappa shape index (κ1) is 16.8. The molecule has 0 bridgehead atoms. The number of nitrogens with zero attached hydrogens (tertiary/aromatic N) is 1. The maximum Gasteiger partial charge on any atom is 0.264 e. The van der Waals surface area contributed by atoms with Gasteiger partial charge >= 0.3 is 0 Å². The second kappa shape index (κ2) is 7.23. The van der Waals surface area contributed by atoms with Crippen molar-refractivity contribution in [3.63, 3.8) is 0 Å². The first-order valence-corrected chi connectivity index (χ1v) is 9.62.